The summed E-state index contributed by atoms with van der Waals surface area (Å²) < 4.78 is 13.3. The summed E-state index contributed by atoms with van der Waals surface area (Å²) in [5.41, 5.74) is -1.26. The van der Waals surface area contributed by atoms with Gasteiger partial charge in [-0.1, -0.05) is 13.8 Å². The van der Waals surface area contributed by atoms with Gasteiger partial charge in [0.2, 0.25) is 0 Å². The predicted octanol–water partition coefficient (Wildman–Crippen LogP) is 3.27. The maximum Gasteiger partial charge on any atom is 0.302 e. The van der Waals surface area contributed by atoms with Crippen LogP contribution in [0.25, 0.3) is 0 Å². The number of nitrogens with zero attached hydrogens (tertiary/aromatic N) is 3. The molecule has 20 heavy (non-hydrogen) atoms. The van der Waals surface area contributed by atoms with Crippen molar-refractivity contribution in [1.29, 1.82) is 0 Å². The number of nitro groups is 2. The van der Waals surface area contributed by atoms with Crippen molar-refractivity contribution in [3.8, 4) is 0 Å². The lowest BCUT2D eigenvalue weighted by Crippen LogP contribution is -2.26. The third-order valence-electron chi connectivity index (χ3n) is 2.73. The van der Waals surface area contributed by atoms with Gasteiger partial charge >= 0.3 is 11.4 Å². The molecule has 0 radical (unpaired) electrons. The largest absolute Gasteiger partial charge is 0.360 e. The Labute approximate surface area is 115 Å². The monoisotopic (exact) mass is 285 g/mol. The first kappa shape index (κ1) is 15.8. The molecule has 0 aromatic heterocycles. The lowest BCUT2D eigenvalue weighted by Gasteiger charge is -2.23. The molecular weight excluding hydrogens is 269 g/mol. The van der Waals surface area contributed by atoms with E-state index in [1.54, 1.807) is 4.90 Å². The number of hydrogen-bond acceptors (Lipinski definition) is 5. The molecule has 0 aliphatic carbocycles. The predicted molar refractivity (Wildman–Crippen MR) is 72.5 cm³/mol. The molecule has 0 spiro atoms. The Balaban J connectivity index is 3.52. The van der Waals surface area contributed by atoms with Gasteiger partial charge in [-0.25, -0.2) is 4.39 Å². The van der Waals surface area contributed by atoms with Gasteiger partial charge in [-0.3, -0.25) is 20.2 Å². The van der Waals surface area contributed by atoms with Crippen LogP contribution >= 0.6 is 0 Å². The highest BCUT2D eigenvalue weighted by Gasteiger charge is 2.30. The van der Waals surface area contributed by atoms with Crippen LogP contribution in [0.4, 0.5) is 21.5 Å². The fraction of sp³-hybridized carbons (Fsp3) is 0.500. The molecule has 0 saturated carbocycles. The number of halogens is 1. The number of rotatable bonds is 7. The summed E-state index contributed by atoms with van der Waals surface area (Å²) in [5, 5.41) is 22.1. The molecule has 0 bridgehead atoms. The average molecular weight is 285 g/mol. The van der Waals surface area contributed by atoms with Gasteiger partial charge in [0.1, 0.15) is 5.82 Å². The molecule has 0 saturated heterocycles. The van der Waals surface area contributed by atoms with E-state index in [4.69, 9.17) is 0 Å². The summed E-state index contributed by atoms with van der Waals surface area (Å²) in [7, 11) is 0. The minimum absolute atomic E-state index is 0.120. The van der Waals surface area contributed by atoms with Crippen molar-refractivity contribution in [2.45, 2.75) is 26.7 Å². The van der Waals surface area contributed by atoms with Gasteiger partial charge in [-0.15, -0.1) is 0 Å². The Hall–Kier alpha value is -2.25. The van der Waals surface area contributed by atoms with Crippen LogP contribution in [0, 0.1) is 26.0 Å². The fourth-order valence-corrected chi connectivity index (χ4v) is 2.05. The number of anilines is 1. The summed E-state index contributed by atoms with van der Waals surface area (Å²) in [4.78, 5) is 22.1. The van der Waals surface area contributed by atoms with Crippen LogP contribution < -0.4 is 4.90 Å². The molecule has 110 valence electrons. The molecular formula is C12H16FN3O4. The molecule has 0 aliphatic heterocycles. The van der Waals surface area contributed by atoms with Gasteiger partial charge in [0.25, 0.3) is 0 Å². The van der Waals surface area contributed by atoms with Gasteiger partial charge in [0.15, 0.2) is 5.69 Å². The van der Waals surface area contributed by atoms with Gasteiger partial charge in [0, 0.05) is 13.1 Å². The summed E-state index contributed by atoms with van der Waals surface area (Å²) in [6.45, 7) is 4.59. The molecule has 8 heteroatoms. The highest BCUT2D eigenvalue weighted by Crippen LogP contribution is 2.38. The van der Waals surface area contributed by atoms with Crippen LogP contribution in [0.15, 0.2) is 12.1 Å². The van der Waals surface area contributed by atoms with Crippen molar-refractivity contribution in [3.63, 3.8) is 0 Å². The molecule has 0 heterocycles. The lowest BCUT2D eigenvalue weighted by atomic mass is 10.2. The Morgan fingerprint density at radius 3 is 1.75 bits per heavy atom. The molecule has 0 N–H and O–H groups in total. The maximum atomic E-state index is 13.3. The topological polar surface area (TPSA) is 89.5 Å². The SMILES string of the molecule is CCCN(CCC)c1c([N+](=O)[O-])cc(F)cc1[N+](=O)[O-]. The summed E-state index contributed by atoms with van der Waals surface area (Å²) in [6, 6.07) is 1.45. The van der Waals surface area contributed by atoms with Gasteiger partial charge in [0.05, 0.1) is 22.0 Å². The van der Waals surface area contributed by atoms with Gasteiger partial charge < -0.3 is 4.90 Å². The lowest BCUT2D eigenvalue weighted by molar-refractivity contribution is -0.393. The minimum atomic E-state index is -0.986. The molecule has 0 fully saturated rings. The molecule has 1 aromatic carbocycles. The second kappa shape index (κ2) is 6.78. The first-order chi connectivity index (χ1) is 9.42. The second-order valence-corrected chi connectivity index (χ2v) is 4.29. The van der Waals surface area contributed by atoms with Crippen molar-refractivity contribution in [3.05, 3.63) is 38.2 Å². The third-order valence-corrected chi connectivity index (χ3v) is 2.73. The molecule has 0 aliphatic rings. The highest BCUT2D eigenvalue weighted by molar-refractivity contribution is 5.75. The van der Waals surface area contributed by atoms with Crippen LogP contribution in [0.5, 0.6) is 0 Å². The maximum absolute atomic E-state index is 13.3. The third kappa shape index (κ3) is 3.40. The molecule has 0 atom stereocenters. The second-order valence-electron chi connectivity index (χ2n) is 4.29. The van der Waals surface area contributed by atoms with Crippen LogP contribution in [0.2, 0.25) is 0 Å². The van der Waals surface area contributed by atoms with Crippen LogP contribution in [-0.2, 0) is 0 Å². The van der Waals surface area contributed by atoms with Crippen molar-refractivity contribution < 1.29 is 14.2 Å². The quantitative estimate of drug-likeness (QED) is 0.566. The zero-order valence-electron chi connectivity index (χ0n) is 11.3. The number of benzene rings is 1. The zero-order chi connectivity index (χ0) is 15.3. The van der Waals surface area contributed by atoms with Gasteiger partial charge in [-0.05, 0) is 12.8 Å². The Morgan fingerprint density at radius 2 is 1.45 bits per heavy atom. The standard InChI is InChI=1S/C12H16FN3O4/c1-3-5-14(6-4-2)12-10(15(17)18)7-9(13)8-11(12)16(19)20/h7-8H,3-6H2,1-2H3. The molecule has 1 aromatic rings. The van der Waals surface area contributed by atoms with E-state index in [1.807, 2.05) is 13.8 Å². The summed E-state index contributed by atoms with van der Waals surface area (Å²) >= 11 is 0. The normalized spacial score (nSPS) is 10.3. The van der Waals surface area contributed by atoms with E-state index in [9.17, 15) is 24.6 Å². The van der Waals surface area contributed by atoms with E-state index in [0.717, 1.165) is 12.1 Å². The average Bonchev–Trinajstić information content (AvgIpc) is 2.37. The number of hydrogen-bond donors (Lipinski definition) is 0. The van der Waals surface area contributed by atoms with Crippen molar-refractivity contribution >= 4 is 17.1 Å². The molecule has 0 unspecified atom stereocenters. The number of nitro benzene ring substituents is 2. The van der Waals surface area contributed by atoms with E-state index in [2.05, 4.69) is 0 Å². The Morgan fingerprint density at radius 1 is 1.05 bits per heavy atom. The van der Waals surface area contributed by atoms with E-state index in [1.165, 1.54) is 0 Å². The minimum Gasteiger partial charge on any atom is -0.360 e. The van der Waals surface area contributed by atoms with Crippen molar-refractivity contribution in [2.75, 3.05) is 18.0 Å². The molecule has 1 rings (SSSR count). The van der Waals surface area contributed by atoms with Crippen molar-refractivity contribution in [1.82, 2.24) is 0 Å². The summed E-state index contributed by atoms with van der Waals surface area (Å²) in [6.07, 6.45) is 1.34. The highest BCUT2D eigenvalue weighted by atomic mass is 19.1. The molecule has 0 amide bonds. The van der Waals surface area contributed by atoms with E-state index < -0.39 is 27.0 Å². The first-order valence-electron chi connectivity index (χ1n) is 6.29. The van der Waals surface area contributed by atoms with Gasteiger partial charge in [-0.2, -0.15) is 0 Å². The summed E-state index contributed by atoms with van der Waals surface area (Å²) in [5.74, 6) is -0.986. The fourth-order valence-electron chi connectivity index (χ4n) is 2.05. The van der Waals surface area contributed by atoms with E-state index in [-0.39, 0.29) is 5.69 Å². The molecule has 7 nitrogen and oxygen atoms in total. The van der Waals surface area contributed by atoms with E-state index >= 15 is 0 Å². The van der Waals surface area contributed by atoms with E-state index in [0.29, 0.717) is 25.9 Å². The first-order valence-corrected chi connectivity index (χ1v) is 6.29. The smallest absolute Gasteiger partial charge is 0.302 e. The zero-order valence-corrected chi connectivity index (χ0v) is 11.3. The van der Waals surface area contributed by atoms with Crippen LogP contribution in [0.3, 0.4) is 0 Å². The van der Waals surface area contributed by atoms with Crippen molar-refractivity contribution in [2.24, 2.45) is 0 Å². The Bertz CT molecular complexity index is 480. The van der Waals surface area contributed by atoms with Crippen LogP contribution in [-0.4, -0.2) is 22.9 Å². The van der Waals surface area contributed by atoms with Crippen LogP contribution in [0.1, 0.15) is 26.7 Å². The Kier molecular flexibility index (Phi) is 5.36.